The van der Waals surface area contributed by atoms with E-state index in [1.807, 2.05) is 13.8 Å². The summed E-state index contributed by atoms with van der Waals surface area (Å²) >= 11 is 0. The molecule has 1 aliphatic carbocycles. The lowest BCUT2D eigenvalue weighted by molar-refractivity contribution is -0.164. The number of β-amino-alcohol motifs (C(OH)–C–C–N with tert-alkyl or cyclic N) is 1. The van der Waals surface area contributed by atoms with Gasteiger partial charge in [0.2, 0.25) is 5.91 Å². The Labute approximate surface area is 120 Å². The lowest BCUT2D eigenvalue weighted by atomic mass is 9.86. The zero-order valence-corrected chi connectivity index (χ0v) is 12.3. The zero-order valence-electron chi connectivity index (χ0n) is 12.3. The molecule has 3 atom stereocenters. The van der Waals surface area contributed by atoms with Gasteiger partial charge in [0.15, 0.2) is 0 Å². The van der Waals surface area contributed by atoms with Gasteiger partial charge in [0.25, 0.3) is 0 Å². The molecule has 1 amide bonds. The van der Waals surface area contributed by atoms with E-state index in [-0.39, 0.29) is 5.91 Å². The minimum atomic E-state index is -0.858. The third-order valence-electron chi connectivity index (χ3n) is 4.87. The van der Waals surface area contributed by atoms with Crippen LogP contribution in [0.25, 0.3) is 0 Å². The van der Waals surface area contributed by atoms with E-state index < -0.39 is 23.4 Å². The van der Waals surface area contributed by atoms with Crippen molar-refractivity contribution in [3.63, 3.8) is 0 Å². The van der Waals surface area contributed by atoms with E-state index >= 15 is 0 Å². The molecule has 0 spiro atoms. The minimum Gasteiger partial charge on any atom is -0.481 e. The normalized spacial score (nSPS) is 31.9. The van der Waals surface area contributed by atoms with Crippen LogP contribution in [0, 0.1) is 17.8 Å². The molecule has 1 heterocycles. The van der Waals surface area contributed by atoms with Crippen LogP contribution in [0.1, 0.15) is 46.0 Å². The number of carboxylic acids is 1. The van der Waals surface area contributed by atoms with Crippen LogP contribution in [-0.4, -0.2) is 45.7 Å². The SMILES string of the molecule is CCCC1(O)CN(C(=O)C2CC(CC)CC2C(=O)O)C1. The molecule has 0 aromatic carbocycles. The first-order valence-corrected chi connectivity index (χ1v) is 7.64. The summed E-state index contributed by atoms with van der Waals surface area (Å²) in [5.41, 5.74) is -0.744. The smallest absolute Gasteiger partial charge is 0.307 e. The third-order valence-corrected chi connectivity index (χ3v) is 4.87. The number of aliphatic carboxylic acids is 1. The van der Waals surface area contributed by atoms with Crippen molar-refractivity contribution in [3.05, 3.63) is 0 Å². The third kappa shape index (κ3) is 2.82. The summed E-state index contributed by atoms with van der Waals surface area (Å²) in [5.74, 6) is -1.55. The van der Waals surface area contributed by atoms with Gasteiger partial charge in [-0.25, -0.2) is 0 Å². The lowest BCUT2D eigenvalue weighted by Gasteiger charge is -2.47. The van der Waals surface area contributed by atoms with E-state index in [4.69, 9.17) is 0 Å². The van der Waals surface area contributed by atoms with Gasteiger partial charge in [0.05, 0.1) is 30.5 Å². The van der Waals surface area contributed by atoms with Gasteiger partial charge >= 0.3 is 5.97 Å². The van der Waals surface area contributed by atoms with Crippen molar-refractivity contribution in [1.29, 1.82) is 0 Å². The van der Waals surface area contributed by atoms with Crippen LogP contribution >= 0.6 is 0 Å². The van der Waals surface area contributed by atoms with E-state index in [0.29, 0.717) is 38.3 Å². The minimum absolute atomic E-state index is 0.0749. The molecule has 1 saturated heterocycles. The van der Waals surface area contributed by atoms with Crippen molar-refractivity contribution in [2.45, 2.75) is 51.6 Å². The second kappa shape index (κ2) is 5.72. The highest BCUT2D eigenvalue weighted by Gasteiger charge is 2.49. The second-order valence-electron chi connectivity index (χ2n) is 6.47. The van der Waals surface area contributed by atoms with Crippen LogP contribution in [-0.2, 0) is 9.59 Å². The van der Waals surface area contributed by atoms with Gasteiger partial charge in [-0.15, -0.1) is 0 Å². The number of likely N-dealkylation sites (tertiary alicyclic amines) is 1. The Bertz CT molecular complexity index is 389. The Hall–Kier alpha value is -1.10. The molecule has 0 bridgehead atoms. The number of carboxylic acid groups (broad SMARTS) is 1. The standard InChI is InChI=1S/C15H25NO4/c1-3-5-15(20)8-16(9-15)13(17)11-6-10(4-2)7-12(11)14(18)19/h10-12,20H,3-9H2,1-2H3,(H,18,19). The molecule has 0 aromatic heterocycles. The molecule has 2 fully saturated rings. The van der Waals surface area contributed by atoms with Crippen molar-refractivity contribution in [1.82, 2.24) is 4.90 Å². The average molecular weight is 283 g/mol. The molecule has 2 rings (SSSR count). The van der Waals surface area contributed by atoms with Crippen molar-refractivity contribution < 1.29 is 19.8 Å². The molecule has 2 aliphatic rings. The van der Waals surface area contributed by atoms with Gasteiger partial charge in [0, 0.05) is 0 Å². The predicted octanol–water partition coefficient (Wildman–Crippen LogP) is 1.50. The number of carbonyl (C=O) groups excluding carboxylic acids is 1. The summed E-state index contributed by atoms with van der Waals surface area (Å²) in [7, 11) is 0. The second-order valence-corrected chi connectivity index (χ2v) is 6.47. The van der Waals surface area contributed by atoms with E-state index in [9.17, 15) is 19.8 Å². The fourth-order valence-corrected chi connectivity index (χ4v) is 3.70. The van der Waals surface area contributed by atoms with Gasteiger partial charge in [-0.1, -0.05) is 26.7 Å². The molecule has 2 N–H and O–H groups in total. The molecular weight excluding hydrogens is 258 g/mol. The molecule has 0 radical (unpaired) electrons. The van der Waals surface area contributed by atoms with Crippen LogP contribution < -0.4 is 0 Å². The summed E-state index contributed by atoms with van der Waals surface area (Å²) < 4.78 is 0. The Kier molecular flexibility index (Phi) is 4.37. The maximum absolute atomic E-state index is 12.4. The van der Waals surface area contributed by atoms with Crippen molar-refractivity contribution in [3.8, 4) is 0 Å². The maximum atomic E-state index is 12.4. The largest absolute Gasteiger partial charge is 0.481 e. The number of nitrogens with zero attached hydrogens (tertiary/aromatic N) is 1. The van der Waals surface area contributed by atoms with E-state index in [0.717, 1.165) is 12.8 Å². The number of aliphatic hydroxyl groups is 1. The van der Waals surface area contributed by atoms with E-state index in [1.165, 1.54) is 0 Å². The molecule has 1 saturated carbocycles. The average Bonchev–Trinajstić information content (AvgIpc) is 2.79. The first kappa shape index (κ1) is 15.3. The molecule has 20 heavy (non-hydrogen) atoms. The molecule has 1 aliphatic heterocycles. The predicted molar refractivity (Wildman–Crippen MR) is 74.1 cm³/mol. The molecule has 0 aromatic rings. The number of rotatable bonds is 5. The van der Waals surface area contributed by atoms with Crippen LogP contribution in [0.4, 0.5) is 0 Å². The van der Waals surface area contributed by atoms with Gasteiger partial charge in [-0.05, 0) is 25.2 Å². The summed E-state index contributed by atoms with van der Waals surface area (Å²) in [6.07, 6.45) is 3.79. The fraction of sp³-hybridized carbons (Fsp3) is 0.867. The number of hydrogen-bond donors (Lipinski definition) is 2. The van der Waals surface area contributed by atoms with E-state index in [2.05, 4.69) is 0 Å². The maximum Gasteiger partial charge on any atom is 0.307 e. The van der Waals surface area contributed by atoms with Crippen molar-refractivity contribution >= 4 is 11.9 Å². The highest BCUT2D eigenvalue weighted by atomic mass is 16.4. The van der Waals surface area contributed by atoms with Crippen molar-refractivity contribution in [2.75, 3.05) is 13.1 Å². The number of amides is 1. The van der Waals surface area contributed by atoms with Crippen LogP contribution in [0.15, 0.2) is 0 Å². The molecule has 3 unspecified atom stereocenters. The quantitative estimate of drug-likeness (QED) is 0.801. The molecule has 5 heteroatoms. The Balaban J connectivity index is 1.97. The van der Waals surface area contributed by atoms with E-state index in [1.54, 1.807) is 4.90 Å². The summed E-state index contributed by atoms with van der Waals surface area (Å²) in [5, 5.41) is 19.4. The first-order chi connectivity index (χ1) is 9.40. The van der Waals surface area contributed by atoms with Crippen LogP contribution in [0.5, 0.6) is 0 Å². The molecule has 114 valence electrons. The van der Waals surface area contributed by atoms with Crippen molar-refractivity contribution in [2.24, 2.45) is 17.8 Å². The number of hydrogen-bond acceptors (Lipinski definition) is 3. The van der Waals surface area contributed by atoms with Crippen LogP contribution in [0.3, 0.4) is 0 Å². The highest BCUT2D eigenvalue weighted by molar-refractivity contribution is 5.86. The number of carbonyl (C=O) groups is 2. The topological polar surface area (TPSA) is 77.8 Å². The lowest BCUT2D eigenvalue weighted by Crippen LogP contribution is -2.64. The van der Waals surface area contributed by atoms with Gasteiger partial charge in [-0.2, -0.15) is 0 Å². The fourth-order valence-electron chi connectivity index (χ4n) is 3.70. The van der Waals surface area contributed by atoms with Gasteiger partial charge < -0.3 is 15.1 Å². The summed E-state index contributed by atoms with van der Waals surface area (Å²) in [4.78, 5) is 25.4. The Morgan fingerprint density at radius 3 is 2.30 bits per heavy atom. The Morgan fingerprint density at radius 1 is 1.20 bits per heavy atom. The summed E-state index contributed by atoms with van der Waals surface area (Å²) in [6, 6.07) is 0. The van der Waals surface area contributed by atoms with Gasteiger partial charge in [0.1, 0.15) is 0 Å². The molecule has 5 nitrogen and oxygen atoms in total. The summed E-state index contributed by atoms with van der Waals surface area (Å²) in [6.45, 7) is 4.77. The molecular formula is C15H25NO4. The van der Waals surface area contributed by atoms with Gasteiger partial charge in [-0.3, -0.25) is 9.59 Å². The highest BCUT2D eigenvalue weighted by Crippen LogP contribution is 2.41. The monoisotopic (exact) mass is 283 g/mol. The zero-order chi connectivity index (χ0) is 14.9. The van der Waals surface area contributed by atoms with Crippen LogP contribution in [0.2, 0.25) is 0 Å². The first-order valence-electron chi connectivity index (χ1n) is 7.64. The Morgan fingerprint density at radius 2 is 1.80 bits per heavy atom.